The fraction of sp³-hybridized carbons (Fsp3) is 0.900. The first-order valence-electron chi connectivity index (χ1n) is 5.02. The number of carbonyl (C=O) groups excluding carboxylic acids is 1. The maximum atomic E-state index is 11.3. The number of nitrogens with two attached hydrogens (primary N) is 1. The number of esters is 1. The first-order valence-corrected chi connectivity index (χ1v) is 5.02. The summed E-state index contributed by atoms with van der Waals surface area (Å²) in [7, 11) is 0. The Morgan fingerprint density at radius 1 is 1.43 bits per heavy atom. The van der Waals surface area contributed by atoms with E-state index in [4.69, 9.17) is 15.6 Å². The van der Waals surface area contributed by atoms with Crippen molar-refractivity contribution in [2.75, 3.05) is 13.2 Å². The van der Waals surface area contributed by atoms with Crippen molar-refractivity contribution in [2.45, 2.75) is 33.3 Å². The molecule has 14 heavy (non-hydrogen) atoms. The average molecular weight is 203 g/mol. The van der Waals surface area contributed by atoms with Crippen molar-refractivity contribution in [3.05, 3.63) is 0 Å². The fourth-order valence-corrected chi connectivity index (χ4v) is 1.06. The molecule has 4 nitrogen and oxygen atoms in total. The van der Waals surface area contributed by atoms with Gasteiger partial charge in [-0.05, 0) is 12.3 Å². The van der Waals surface area contributed by atoms with Crippen LogP contribution in [0.5, 0.6) is 0 Å². The molecule has 0 aromatic heterocycles. The molecule has 0 fully saturated rings. The van der Waals surface area contributed by atoms with Gasteiger partial charge in [0.15, 0.2) is 0 Å². The third-order valence-corrected chi connectivity index (χ3v) is 1.98. The number of hydrogen-bond acceptors (Lipinski definition) is 4. The van der Waals surface area contributed by atoms with E-state index in [0.717, 1.165) is 0 Å². The van der Waals surface area contributed by atoms with Gasteiger partial charge in [-0.25, -0.2) is 0 Å². The number of aliphatic hydroxyl groups excluding tert-OH is 1. The van der Waals surface area contributed by atoms with E-state index in [0.29, 0.717) is 12.3 Å². The predicted molar refractivity (Wildman–Crippen MR) is 54.6 cm³/mol. The molecule has 0 aliphatic heterocycles. The Morgan fingerprint density at radius 2 is 2.00 bits per heavy atom. The lowest BCUT2D eigenvalue weighted by atomic mass is 10.1. The van der Waals surface area contributed by atoms with Gasteiger partial charge in [0.1, 0.15) is 6.10 Å². The molecular formula is C10H21NO3. The zero-order chi connectivity index (χ0) is 11.1. The number of ether oxygens (including phenoxy) is 1. The standard InChI is InChI=1S/C10H21NO3/c1-7(2)4-9(6-12)14-10(13)8(3)5-11/h7-9,12H,4-6,11H2,1-3H3. The Bertz CT molecular complexity index is 171. The highest BCUT2D eigenvalue weighted by atomic mass is 16.6. The van der Waals surface area contributed by atoms with Crippen molar-refractivity contribution < 1.29 is 14.6 Å². The van der Waals surface area contributed by atoms with Crippen LogP contribution in [0.15, 0.2) is 0 Å². The van der Waals surface area contributed by atoms with Crippen molar-refractivity contribution in [3.8, 4) is 0 Å². The molecule has 0 aromatic rings. The maximum absolute atomic E-state index is 11.3. The number of rotatable bonds is 6. The van der Waals surface area contributed by atoms with Gasteiger partial charge in [0.05, 0.1) is 12.5 Å². The SMILES string of the molecule is CC(C)CC(CO)OC(=O)C(C)CN. The molecule has 84 valence electrons. The van der Waals surface area contributed by atoms with Crippen LogP contribution in [-0.2, 0) is 9.53 Å². The van der Waals surface area contributed by atoms with Crippen LogP contribution in [0.4, 0.5) is 0 Å². The molecule has 0 aliphatic carbocycles. The molecule has 0 aromatic carbocycles. The first kappa shape index (κ1) is 13.4. The van der Waals surface area contributed by atoms with Crippen LogP contribution in [0.3, 0.4) is 0 Å². The van der Waals surface area contributed by atoms with Crippen LogP contribution >= 0.6 is 0 Å². The first-order chi connectivity index (χ1) is 6.51. The topological polar surface area (TPSA) is 72.5 Å². The second kappa shape index (κ2) is 6.79. The van der Waals surface area contributed by atoms with E-state index in [1.165, 1.54) is 0 Å². The lowest BCUT2D eigenvalue weighted by molar-refractivity contribution is -0.155. The number of carbonyl (C=O) groups is 1. The second-order valence-corrected chi connectivity index (χ2v) is 4.01. The van der Waals surface area contributed by atoms with Gasteiger partial charge in [-0.15, -0.1) is 0 Å². The van der Waals surface area contributed by atoms with Gasteiger partial charge in [-0.3, -0.25) is 4.79 Å². The minimum Gasteiger partial charge on any atom is -0.460 e. The third kappa shape index (κ3) is 5.19. The lowest BCUT2D eigenvalue weighted by Gasteiger charge is -2.19. The van der Waals surface area contributed by atoms with Gasteiger partial charge >= 0.3 is 5.97 Å². The third-order valence-electron chi connectivity index (χ3n) is 1.98. The second-order valence-electron chi connectivity index (χ2n) is 4.01. The highest BCUT2D eigenvalue weighted by molar-refractivity contribution is 5.72. The summed E-state index contributed by atoms with van der Waals surface area (Å²) in [6, 6.07) is 0. The number of aliphatic hydroxyl groups is 1. The maximum Gasteiger partial charge on any atom is 0.310 e. The average Bonchev–Trinajstić information content (AvgIpc) is 2.14. The summed E-state index contributed by atoms with van der Waals surface area (Å²) >= 11 is 0. The monoisotopic (exact) mass is 203 g/mol. The van der Waals surface area contributed by atoms with E-state index in [2.05, 4.69) is 0 Å². The molecule has 0 bridgehead atoms. The van der Waals surface area contributed by atoms with E-state index >= 15 is 0 Å². The van der Waals surface area contributed by atoms with Gasteiger partial charge in [0, 0.05) is 6.54 Å². The van der Waals surface area contributed by atoms with Gasteiger partial charge in [0.2, 0.25) is 0 Å². The Kier molecular flexibility index (Phi) is 6.49. The molecule has 0 saturated carbocycles. The van der Waals surface area contributed by atoms with Gasteiger partial charge in [-0.2, -0.15) is 0 Å². The molecule has 0 aliphatic rings. The van der Waals surface area contributed by atoms with Gasteiger partial charge in [0.25, 0.3) is 0 Å². The van der Waals surface area contributed by atoms with Crippen LogP contribution < -0.4 is 5.73 Å². The van der Waals surface area contributed by atoms with E-state index in [1.807, 2.05) is 13.8 Å². The molecule has 2 unspecified atom stereocenters. The zero-order valence-corrected chi connectivity index (χ0v) is 9.19. The van der Waals surface area contributed by atoms with Crippen LogP contribution in [0.2, 0.25) is 0 Å². The quantitative estimate of drug-likeness (QED) is 0.618. The van der Waals surface area contributed by atoms with Crippen molar-refractivity contribution in [2.24, 2.45) is 17.6 Å². The smallest absolute Gasteiger partial charge is 0.310 e. The van der Waals surface area contributed by atoms with Gasteiger partial charge in [-0.1, -0.05) is 20.8 Å². The normalized spacial score (nSPS) is 15.3. The Labute approximate surface area is 85.4 Å². The Hall–Kier alpha value is -0.610. The van der Waals surface area contributed by atoms with Crippen LogP contribution in [-0.4, -0.2) is 30.3 Å². The minimum atomic E-state index is -0.392. The molecule has 2 atom stereocenters. The largest absolute Gasteiger partial charge is 0.460 e. The molecule has 0 radical (unpaired) electrons. The fourth-order valence-electron chi connectivity index (χ4n) is 1.06. The molecule has 0 amide bonds. The molecule has 4 heteroatoms. The Balaban J connectivity index is 3.98. The Morgan fingerprint density at radius 3 is 2.36 bits per heavy atom. The highest BCUT2D eigenvalue weighted by Gasteiger charge is 2.18. The van der Waals surface area contributed by atoms with Crippen molar-refractivity contribution in [1.82, 2.24) is 0 Å². The summed E-state index contributed by atoms with van der Waals surface area (Å²) in [6.45, 7) is 5.90. The summed E-state index contributed by atoms with van der Waals surface area (Å²) in [5.41, 5.74) is 5.33. The summed E-state index contributed by atoms with van der Waals surface area (Å²) < 4.78 is 5.09. The molecule has 0 rings (SSSR count). The van der Waals surface area contributed by atoms with Crippen molar-refractivity contribution >= 4 is 5.97 Å². The predicted octanol–water partition coefficient (Wildman–Crippen LogP) is 0.531. The summed E-state index contributed by atoms with van der Waals surface area (Å²) in [5, 5.41) is 8.97. The molecule has 0 saturated heterocycles. The molecule has 0 spiro atoms. The van der Waals surface area contributed by atoms with E-state index in [-0.39, 0.29) is 25.0 Å². The number of hydrogen-bond donors (Lipinski definition) is 2. The van der Waals surface area contributed by atoms with E-state index in [9.17, 15) is 4.79 Å². The van der Waals surface area contributed by atoms with E-state index < -0.39 is 6.10 Å². The zero-order valence-electron chi connectivity index (χ0n) is 9.19. The van der Waals surface area contributed by atoms with Crippen molar-refractivity contribution in [1.29, 1.82) is 0 Å². The molecular weight excluding hydrogens is 182 g/mol. The van der Waals surface area contributed by atoms with Crippen molar-refractivity contribution in [3.63, 3.8) is 0 Å². The summed E-state index contributed by atoms with van der Waals surface area (Å²) in [5.74, 6) is -0.225. The van der Waals surface area contributed by atoms with Crippen LogP contribution in [0, 0.1) is 11.8 Å². The molecule has 3 N–H and O–H groups in total. The highest BCUT2D eigenvalue weighted by Crippen LogP contribution is 2.09. The summed E-state index contributed by atoms with van der Waals surface area (Å²) in [6.07, 6.45) is 0.288. The van der Waals surface area contributed by atoms with E-state index in [1.54, 1.807) is 6.92 Å². The minimum absolute atomic E-state index is 0.124. The van der Waals surface area contributed by atoms with Crippen LogP contribution in [0.1, 0.15) is 27.2 Å². The lowest BCUT2D eigenvalue weighted by Crippen LogP contribution is -2.30. The summed E-state index contributed by atoms with van der Waals surface area (Å²) in [4.78, 5) is 11.3. The van der Waals surface area contributed by atoms with Crippen LogP contribution in [0.25, 0.3) is 0 Å². The molecule has 0 heterocycles. The van der Waals surface area contributed by atoms with Gasteiger partial charge < -0.3 is 15.6 Å².